The number of anilines is 3. The molecule has 2 aromatic carbocycles. The Morgan fingerprint density at radius 1 is 1.00 bits per heavy atom. The molecule has 0 bridgehead atoms. The molecule has 10 nitrogen and oxygen atoms in total. The number of halogens is 2. The fourth-order valence-corrected chi connectivity index (χ4v) is 3.33. The molecular formula is C23H19F2N9O. The number of benzene rings is 2. The van der Waals surface area contributed by atoms with E-state index in [2.05, 4.69) is 15.0 Å². The van der Waals surface area contributed by atoms with E-state index in [1.165, 1.54) is 16.7 Å². The lowest BCUT2D eigenvalue weighted by Gasteiger charge is -2.14. The van der Waals surface area contributed by atoms with E-state index in [9.17, 15) is 13.6 Å². The fourth-order valence-electron chi connectivity index (χ4n) is 3.33. The van der Waals surface area contributed by atoms with E-state index in [0.29, 0.717) is 23.5 Å². The van der Waals surface area contributed by atoms with E-state index in [1.54, 1.807) is 36.4 Å². The summed E-state index contributed by atoms with van der Waals surface area (Å²) in [5.41, 5.74) is 16.0. The van der Waals surface area contributed by atoms with Crippen molar-refractivity contribution in [2.75, 3.05) is 17.2 Å². The molecule has 0 amide bonds. The Bertz CT molecular complexity index is 1530. The quantitative estimate of drug-likeness (QED) is 0.400. The van der Waals surface area contributed by atoms with Crippen LogP contribution in [0.5, 0.6) is 0 Å². The fraction of sp³-hybridized carbons (Fsp3) is 0.130. The van der Waals surface area contributed by atoms with Gasteiger partial charge in [0.2, 0.25) is 5.95 Å². The topological polar surface area (TPSA) is 186 Å². The molecule has 0 aliphatic rings. The molecule has 0 saturated heterocycles. The van der Waals surface area contributed by atoms with Gasteiger partial charge in [0.1, 0.15) is 29.1 Å². The number of nitrogens with two attached hydrogens (primary N) is 3. The molecule has 0 saturated carbocycles. The van der Waals surface area contributed by atoms with E-state index < -0.39 is 12.0 Å². The Hall–Kier alpha value is -5.10. The lowest BCUT2D eigenvalue weighted by Crippen LogP contribution is -2.24. The molecule has 2 aromatic heterocycles. The Kier molecular flexibility index (Phi) is 7.17. The number of rotatable bonds is 3. The van der Waals surface area contributed by atoms with Gasteiger partial charge in [-0.3, -0.25) is 9.36 Å². The van der Waals surface area contributed by atoms with Gasteiger partial charge in [0, 0.05) is 12.0 Å². The van der Waals surface area contributed by atoms with Gasteiger partial charge in [-0.05, 0) is 24.3 Å². The Labute approximate surface area is 197 Å². The number of nitrogens with zero attached hydrogens (tertiary/aromatic N) is 6. The highest BCUT2D eigenvalue weighted by atomic mass is 19.3. The molecule has 4 rings (SSSR count). The normalized spacial score (nSPS) is 10.3. The molecule has 2 heterocycles. The maximum atomic E-state index is 13.3. The van der Waals surface area contributed by atoms with Gasteiger partial charge in [-0.25, -0.2) is 13.8 Å². The van der Waals surface area contributed by atoms with Crippen LogP contribution < -0.4 is 22.8 Å². The minimum absolute atomic E-state index is 0.0116. The minimum Gasteiger partial charge on any atom is -0.382 e. The van der Waals surface area contributed by atoms with Gasteiger partial charge in [0.25, 0.3) is 12.0 Å². The van der Waals surface area contributed by atoms with Crippen LogP contribution in [0.15, 0.2) is 47.3 Å². The zero-order valence-electron chi connectivity index (χ0n) is 18.4. The van der Waals surface area contributed by atoms with Crippen molar-refractivity contribution in [2.45, 2.75) is 19.8 Å². The van der Waals surface area contributed by atoms with Crippen LogP contribution in [0.1, 0.15) is 35.9 Å². The highest BCUT2D eigenvalue weighted by molar-refractivity contribution is 5.82. The minimum atomic E-state index is -2.77. The third kappa shape index (κ3) is 4.96. The van der Waals surface area contributed by atoms with Crippen LogP contribution in [0.4, 0.5) is 26.4 Å². The number of aryl methyl sites for hydroxylation is 1. The van der Waals surface area contributed by atoms with Gasteiger partial charge in [-0.2, -0.15) is 20.5 Å². The van der Waals surface area contributed by atoms with Crippen molar-refractivity contribution in [1.29, 1.82) is 10.5 Å². The molecule has 0 atom stereocenters. The molecule has 0 fully saturated rings. The van der Waals surface area contributed by atoms with Crippen molar-refractivity contribution in [1.82, 2.24) is 19.5 Å². The molecule has 0 aliphatic heterocycles. The van der Waals surface area contributed by atoms with E-state index in [4.69, 9.17) is 27.7 Å². The average Bonchev–Trinajstić information content (AvgIpc) is 2.83. The van der Waals surface area contributed by atoms with Gasteiger partial charge in [0.15, 0.2) is 0 Å². The maximum Gasteiger partial charge on any atom is 0.266 e. The standard InChI is InChI=1S/C18H13F2N3O.C5H6N6/c1-2-15-22-14-8-4-7-13(17(19)20)16(14)18(24)23(15)12-6-3-5-11(9-12)10-21;6-1-2-3(7)10-5(9)11-4(2)8/h3-9,17H,2H2,1H3;(H6,7,8,9,10,11). The summed E-state index contributed by atoms with van der Waals surface area (Å²) in [5.74, 6) is 0.447. The van der Waals surface area contributed by atoms with Crippen molar-refractivity contribution in [3.63, 3.8) is 0 Å². The second-order valence-corrected chi connectivity index (χ2v) is 7.07. The lowest BCUT2D eigenvalue weighted by atomic mass is 10.1. The van der Waals surface area contributed by atoms with Crippen molar-refractivity contribution >= 4 is 28.5 Å². The summed E-state index contributed by atoms with van der Waals surface area (Å²) >= 11 is 0. The van der Waals surface area contributed by atoms with Crippen LogP contribution in [-0.4, -0.2) is 19.5 Å². The number of fused-ring (bicyclic) bond motifs is 1. The molecule has 4 aromatic rings. The molecule has 0 radical (unpaired) electrons. The van der Waals surface area contributed by atoms with Crippen LogP contribution >= 0.6 is 0 Å². The smallest absolute Gasteiger partial charge is 0.266 e. The van der Waals surface area contributed by atoms with Crippen molar-refractivity contribution in [3.05, 3.63) is 75.3 Å². The highest BCUT2D eigenvalue weighted by Gasteiger charge is 2.19. The zero-order chi connectivity index (χ0) is 25.7. The lowest BCUT2D eigenvalue weighted by molar-refractivity contribution is 0.153. The van der Waals surface area contributed by atoms with Gasteiger partial charge in [-0.15, -0.1) is 0 Å². The van der Waals surface area contributed by atoms with Crippen LogP contribution in [0.3, 0.4) is 0 Å². The van der Waals surface area contributed by atoms with Crippen LogP contribution in [0.2, 0.25) is 0 Å². The second kappa shape index (κ2) is 10.2. The Morgan fingerprint density at radius 3 is 2.23 bits per heavy atom. The predicted molar refractivity (Wildman–Crippen MR) is 126 cm³/mol. The first-order valence-electron chi connectivity index (χ1n) is 10.1. The number of alkyl halides is 2. The summed E-state index contributed by atoms with van der Waals surface area (Å²) in [6.07, 6.45) is -2.32. The SMILES string of the molecule is CCc1nc2cccc(C(F)F)c2c(=O)n1-c1cccc(C#N)c1.N#Cc1c(N)nc(N)nc1N. The van der Waals surface area contributed by atoms with Crippen LogP contribution in [0, 0.1) is 22.7 Å². The Balaban J connectivity index is 0.000000261. The number of nitriles is 2. The second-order valence-electron chi connectivity index (χ2n) is 7.07. The number of aromatic nitrogens is 4. The van der Waals surface area contributed by atoms with E-state index in [-0.39, 0.29) is 39.6 Å². The average molecular weight is 475 g/mol. The van der Waals surface area contributed by atoms with Gasteiger partial charge < -0.3 is 17.2 Å². The van der Waals surface area contributed by atoms with Gasteiger partial charge in [0.05, 0.1) is 28.2 Å². The van der Waals surface area contributed by atoms with Gasteiger partial charge >= 0.3 is 0 Å². The summed E-state index contributed by atoms with van der Waals surface area (Å²) in [7, 11) is 0. The maximum absolute atomic E-state index is 13.3. The molecule has 0 unspecified atom stereocenters. The molecule has 12 heteroatoms. The number of hydrogen-bond donors (Lipinski definition) is 3. The van der Waals surface area contributed by atoms with E-state index in [1.807, 2.05) is 13.0 Å². The predicted octanol–water partition coefficient (Wildman–Crippen LogP) is 2.85. The molecule has 0 aliphatic carbocycles. The first-order valence-corrected chi connectivity index (χ1v) is 10.1. The zero-order valence-corrected chi connectivity index (χ0v) is 18.4. The van der Waals surface area contributed by atoms with Crippen molar-refractivity contribution in [3.8, 4) is 17.8 Å². The Morgan fingerprint density at radius 2 is 1.66 bits per heavy atom. The largest absolute Gasteiger partial charge is 0.382 e. The summed E-state index contributed by atoms with van der Waals surface area (Å²) < 4.78 is 27.9. The number of nitrogen functional groups attached to an aromatic ring is 3. The van der Waals surface area contributed by atoms with Crippen molar-refractivity contribution in [2.24, 2.45) is 0 Å². The first kappa shape index (κ1) is 24.5. The number of hydrogen-bond acceptors (Lipinski definition) is 9. The monoisotopic (exact) mass is 475 g/mol. The third-order valence-electron chi connectivity index (χ3n) is 4.88. The molecule has 35 heavy (non-hydrogen) atoms. The summed E-state index contributed by atoms with van der Waals surface area (Å²) in [4.78, 5) is 24.4. The van der Waals surface area contributed by atoms with Crippen molar-refractivity contribution < 1.29 is 8.78 Å². The third-order valence-corrected chi connectivity index (χ3v) is 4.88. The molecule has 6 N–H and O–H groups in total. The van der Waals surface area contributed by atoms with Gasteiger partial charge in [-0.1, -0.05) is 25.1 Å². The summed E-state index contributed by atoms with van der Waals surface area (Å²) in [5, 5.41) is 17.4. The summed E-state index contributed by atoms with van der Waals surface area (Å²) in [6.45, 7) is 1.83. The first-order chi connectivity index (χ1) is 16.7. The highest BCUT2D eigenvalue weighted by Crippen LogP contribution is 2.25. The summed E-state index contributed by atoms with van der Waals surface area (Å²) in [6, 6.07) is 14.5. The molecule has 176 valence electrons. The van der Waals surface area contributed by atoms with Crippen LogP contribution in [-0.2, 0) is 6.42 Å². The molecule has 0 spiro atoms. The molecular weight excluding hydrogens is 456 g/mol. The van der Waals surface area contributed by atoms with E-state index in [0.717, 1.165) is 0 Å². The van der Waals surface area contributed by atoms with Crippen LogP contribution in [0.25, 0.3) is 16.6 Å². The van der Waals surface area contributed by atoms with E-state index >= 15 is 0 Å².